The van der Waals surface area contributed by atoms with Crippen LogP contribution in [0.1, 0.15) is 36.8 Å². The molecule has 8 heteroatoms. The van der Waals surface area contributed by atoms with Gasteiger partial charge in [0.15, 0.2) is 0 Å². The van der Waals surface area contributed by atoms with Crippen molar-refractivity contribution in [2.24, 2.45) is 5.73 Å². The molecule has 0 spiro atoms. The minimum atomic E-state index is -3.45. The molecule has 2 fully saturated rings. The minimum Gasteiger partial charge on any atom is -0.368 e. The molecular weight excluding hydrogens is 364 g/mol. The predicted molar refractivity (Wildman–Crippen MR) is 103 cm³/mol. The van der Waals surface area contributed by atoms with Gasteiger partial charge in [0.05, 0.1) is 6.04 Å². The van der Waals surface area contributed by atoms with E-state index in [-0.39, 0.29) is 18.0 Å². The third-order valence-corrected chi connectivity index (χ3v) is 8.25. The number of primary amides is 1. The monoisotopic (exact) mass is 392 g/mol. The molecule has 3 heterocycles. The second-order valence-corrected chi connectivity index (χ2v) is 9.72. The molecule has 0 aromatic heterocycles. The lowest BCUT2D eigenvalue weighted by Crippen LogP contribution is -2.53. The van der Waals surface area contributed by atoms with Gasteiger partial charge < -0.3 is 5.73 Å². The number of fused-ring (bicyclic) bond motifs is 1. The topological polar surface area (TPSA) is 87.0 Å². The molecule has 1 aromatic carbocycles. The Balaban J connectivity index is 1.40. The summed E-state index contributed by atoms with van der Waals surface area (Å²) in [6.45, 7) is 2.89. The number of nitrogens with two attached hydrogens (primary N) is 1. The number of amides is 1. The second-order valence-electron chi connectivity index (χ2n) is 7.79. The van der Waals surface area contributed by atoms with E-state index in [1.807, 2.05) is 18.2 Å². The van der Waals surface area contributed by atoms with Crippen LogP contribution in [0.3, 0.4) is 0 Å². The molecule has 0 bridgehead atoms. The average molecular weight is 393 g/mol. The molecule has 148 valence electrons. The van der Waals surface area contributed by atoms with Crippen LogP contribution in [-0.4, -0.2) is 66.1 Å². The molecule has 7 nitrogen and oxygen atoms in total. The molecule has 2 saturated heterocycles. The number of carbonyl (C=O) groups excluding carboxylic acids is 1. The summed E-state index contributed by atoms with van der Waals surface area (Å²) in [6.07, 6.45) is 4.08. The van der Waals surface area contributed by atoms with Gasteiger partial charge in [-0.2, -0.15) is 17.0 Å². The van der Waals surface area contributed by atoms with Crippen LogP contribution in [0.15, 0.2) is 24.3 Å². The molecule has 1 amide bonds. The molecule has 0 radical (unpaired) electrons. The van der Waals surface area contributed by atoms with E-state index < -0.39 is 10.2 Å². The normalized spacial score (nSPS) is 26.1. The van der Waals surface area contributed by atoms with E-state index in [2.05, 4.69) is 11.0 Å². The Morgan fingerprint density at radius 1 is 0.963 bits per heavy atom. The molecule has 3 aliphatic heterocycles. The van der Waals surface area contributed by atoms with E-state index in [9.17, 15) is 13.2 Å². The lowest BCUT2D eigenvalue weighted by atomic mass is 10.0. The number of benzene rings is 1. The van der Waals surface area contributed by atoms with Gasteiger partial charge in [-0.3, -0.25) is 9.69 Å². The Bertz CT molecular complexity index is 805. The summed E-state index contributed by atoms with van der Waals surface area (Å²) in [7, 11) is -3.45. The Labute approximate surface area is 161 Å². The van der Waals surface area contributed by atoms with Gasteiger partial charge in [0, 0.05) is 32.2 Å². The van der Waals surface area contributed by atoms with Crippen LogP contribution < -0.4 is 5.73 Å². The van der Waals surface area contributed by atoms with E-state index in [0.29, 0.717) is 26.2 Å². The summed E-state index contributed by atoms with van der Waals surface area (Å²) in [4.78, 5) is 13.9. The van der Waals surface area contributed by atoms with E-state index >= 15 is 0 Å². The Morgan fingerprint density at radius 2 is 1.67 bits per heavy atom. The number of hydrogen-bond donors (Lipinski definition) is 1. The van der Waals surface area contributed by atoms with Gasteiger partial charge in [0.2, 0.25) is 5.91 Å². The first kappa shape index (κ1) is 18.9. The highest BCUT2D eigenvalue weighted by Crippen LogP contribution is 2.29. The molecular formula is C19H28N4O3S. The summed E-state index contributed by atoms with van der Waals surface area (Å²) in [5, 5.41) is 0. The first-order valence-electron chi connectivity index (χ1n) is 9.84. The molecule has 4 rings (SSSR count). The highest BCUT2D eigenvalue weighted by molar-refractivity contribution is 7.86. The number of carbonyl (C=O) groups is 1. The Hall–Kier alpha value is -1.48. The van der Waals surface area contributed by atoms with Crippen molar-refractivity contribution in [1.29, 1.82) is 0 Å². The summed E-state index contributed by atoms with van der Waals surface area (Å²) in [6, 6.07) is 8.13. The summed E-state index contributed by atoms with van der Waals surface area (Å²) in [5.74, 6) is -0.255. The smallest absolute Gasteiger partial charge is 0.282 e. The van der Waals surface area contributed by atoms with Crippen molar-refractivity contribution in [2.45, 2.75) is 50.7 Å². The molecule has 0 aliphatic carbocycles. The van der Waals surface area contributed by atoms with Gasteiger partial charge in [-0.15, -0.1) is 0 Å². The zero-order chi connectivity index (χ0) is 19.0. The van der Waals surface area contributed by atoms with Crippen molar-refractivity contribution in [3.63, 3.8) is 0 Å². The fourth-order valence-electron chi connectivity index (χ4n) is 4.77. The van der Waals surface area contributed by atoms with Crippen LogP contribution in [0.2, 0.25) is 0 Å². The predicted octanol–water partition coefficient (Wildman–Crippen LogP) is 0.704. The molecule has 1 unspecified atom stereocenters. The number of hydrogen-bond acceptors (Lipinski definition) is 4. The summed E-state index contributed by atoms with van der Waals surface area (Å²) >= 11 is 0. The zero-order valence-corrected chi connectivity index (χ0v) is 16.4. The molecule has 1 atom stereocenters. The van der Waals surface area contributed by atoms with Gasteiger partial charge in [-0.05, 0) is 49.8 Å². The van der Waals surface area contributed by atoms with Crippen LogP contribution in [0.4, 0.5) is 0 Å². The maximum absolute atomic E-state index is 13.1. The van der Waals surface area contributed by atoms with Crippen molar-refractivity contribution >= 4 is 16.1 Å². The number of piperidine rings is 1. The lowest BCUT2D eigenvalue weighted by molar-refractivity contribution is -0.123. The number of rotatable bonds is 4. The molecule has 2 N–H and O–H groups in total. The SMILES string of the molecule is NC(=O)C1CCCN1C1CCN(S(=O)(=O)N2CCc3ccccc3C2)CC1. The largest absolute Gasteiger partial charge is 0.368 e. The van der Waals surface area contributed by atoms with Gasteiger partial charge >= 0.3 is 0 Å². The maximum atomic E-state index is 13.1. The van der Waals surface area contributed by atoms with Crippen molar-refractivity contribution in [2.75, 3.05) is 26.2 Å². The van der Waals surface area contributed by atoms with E-state index in [1.54, 1.807) is 8.61 Å². The van der Waals surface area contributed by atoms with Crippen LogP contribution in [0, 0.1) is 0 Å². The van der Waals surface area contributed by atoms with Crippen molar-refractivity contribution in [3.05, 3.63) is 35.4 Å². The maximum Gasteiger partial charge on any atom is 0.282 e. The van der Waals surface area contributed by atoms with E-state index in [0.717, 1.165) is 44.2 Å². The fourth-order valence-corrected chi connectivity index (χ4v) is 6.39. The summed E-state index contributed by atoms with van der Waals surface area (Å²) < 4.78 is 29.5. The van der Waals surface area contributed by atoms with Crippen molar-refractivity contribution < 1.29 is 13.2 Å². The quantitative estimate of drug-likeness (QED) is 0.817. The third kappa shape index (κ3) is 3.63. The number of likely N-dealkylation sites (tertiary alicyclic amines) is 1. The van der Waals surface area contributed by atoms with Crippen LogP contribution in [0.25, 0.3) is 0 Å². The first-order chi connectivity index (χ1) is 13.0. The Morgan fingerprint density at radius 3 is 2.37 bits per heavy atom. The van der Waals surface area contributed by atoms with Gasteiger partial charge in [-0.1, -0.05) is 24.3 Å². The fraction of sp³-hybridized carbons (Fsp3) is 0.632. The van der Waals surface area contributed by atoms with Crippen molar-refractivity contribution in [3.8, 4) is 0 Å². The second kappa shape index (κ2) is 7.50. The van der Waals surface area contributed by atoms with Crippen LogP contribution in [-0.2, 0) is 28.0 Å². The Kier molecular flexibility index (Phi) is 5.24. The zero-order valence-electron chi connectivity index (χ0n) is 15.6. The minimum absolute atomic E-state index is 0.184. The van der Waals surface area contributed by atoms with Crippen LogP contribution in [0.5, 0.6) is 0 Å². The van der Waals surface area contributed by atoms with Crippen LogP contribution >= 0.6 is 0 Å². The highest BCUT2D eigenvalue weighted by atomic mass is 32.2. The van der Waals surface area contributed by atoms with Crippen molar-refractivity contribution in [1.82, 2.24) is 13.5 Å². The van der Waals surface area contributed by atoms with E-state index in [4.69, 9.17) is 5.73 Å². The molecule has 0 saturated carbocycles. The standard InChI is InChI=1S/C19H28N4O3S/c20-19(24)18-6-3-10-23(18)17-8-12-21(13-9-17)27(25,26)22-11-7-15-4-1-2-5-16(15)14-22/h1-2,4-5,17-18H,3,6-14H2,(H2,20,24). The average Bonchev–Trinajstić information content (AvgIpc) is 3.18. The first-order valence-corrected chi connectivity index (χ1v) is 11.2. The summed E-state index contributed by atoms with van der Waals surface area (Å²) in [5.41, 5.74) is 7.88. The van der Waals surface area contributed by atoms with Gasteiger partial charge in [-0.25, -0.2) is 0 Å². The van der Waals surface area contributed by atoms with E-state index in [1.165, 1.54) is 5.56 Å². The highest BCUT2D eigenvalue weighted by Gasteiger charge is 2.39. The van der Waals surface area contributed by atoms with Gasteiger partial charge in [0.1, 0.15) is 0 Å². The molecule has 27 heavy (non-hydrogen) atoms. The van der Waals surface area contributed by atoms with Gasteiger partial charge in [0.25, 0.3) is 10.2 Å². The third-order valence-electron chi connectivity index (χ3n) is 6.26. The number of nitrogens with zero attached hydrogens (tertiary/aromatic N) is 3. The lowest BCUT2D eigenvalue weighted by Gasteiger charge is -2.40. The molecule has 1 aromatic rings. The molecule has 3 aliphatic rings.